The van der Waals surface area contributed by atoms with Crippen molar-refractivity contribution in [3.8, 4) is 5.75 Å². The molecule has 1 atom stereocenters. The van der Waals surface area contributed by atoms with Crippen LogP contribution in [-0.2, 0) is 4.79 Å². The van der Waals surface area contributed by atoms with E-state index < -0.39 is 0 Å². The topological polar surface area (TPSA) is 64.4 Å². The van der Waals surface area contributed by atoms with Crippen LogP contribution in [-0.4, -0.2) is 19.1 Å². The highest BCUT2D eigenvalue weighted by atomic mass is 19.1. The lowest BCUT2D eigenvalue weighted by molar-refractivity contribution is -0.121. The molecule has 2 aromatic rings. The number of nitrogens with two attached hydrogens (primary N) is 1. The maximum absolute atomic E-state index is 12.7. The molecule has 0 saturated heterocycles. The second kappa shape index (κ2) is 9.67. The third kappa shape index (κ3) is 6.38. The highest BCUT2D eigenvalue weighted by Crippen LogP contribution is 2.13. The fourth-order valence-corrected chi connectivity index (χ4v) is 2.27. The van der Waals surface area contributed by atoms with Crippen LogP contribution in [0.2, 0.25) is 0 Å². The van der Waals surface area contributed by atoms with Crippen LogP contribution in [0.1, 0.15) is 30.9 Å². The summed E-state index contributed by atoms with van der Waals surface area (Å²) in [7, 11) is 0. The lowest BCUT2D eigenvalue weighted by Crippen LogP contribution is -2.28. The predicted molar refractivity (Wildman–Crippen MR) is 92.1 cm³/mol. The van der Waals surface area contributed by atoms with Crippen molar-refractivity contribution in [3.63, 3.8) is 0 Å². The number of benzene rings is 2. The Hall–Kier alpha value is -2.40. The number of hydrogen-bond acceptors (Lipinski definition) is 3. The molecule has 24 heavy (non-hydrogen) atoms. The van der Waals surface area contributed by atoms with Gasteiger partial charge in [0.25, 0.3) is 0 Å². The van der Waals surface area contributed by atoms with Gasteiger partial charge in [0.05, 0.1) is 6.61 Å². The van der Waals surface area contributed by atoms with E-state index in [-0.39, 0.29) is 24.2 Å². The van der Waals surface area contributed by atoms with Gasteiger partial charge in [0, 0.05) is 19.0 Å². The minimum absolute atomic E-state index is 0.0502. The van der Waals surface area contributed by atoms with Gasteiger partial charge >= 0.3 is 0 Å². The van der Waals surface area contributed by atoms with Crippen molar-refractivity contribution in [2.75, 3.05) is 13.2 Å². The smallest absolute Gasteiger partial charge is 0.221 e. The summed E-state index contributed by atoms with van der Waals surface area (Å²) in [6, 6.07) is 15.2. The molecular formula is C19H23FN2O2. The number of ether oxygens (including phenoxy) is 1. The van der Waals surface area contributed by atoms with Gasteiger partial charge in [0.1, 0.15) is 11.6 Å². The molecule has 128 valence electrons. The first-order chi connectivity index (χ1) is 11.6. The predicted octanol–water partition coefficient (Wildman–Crippen LogP) is 3.19. The zero-order chi connectivity index (χ0) is 17.2. The van der Waals surface area contributed by atoms with Crippen molar-refractivity contribution in [1.29, 1.82) is 0 Å². The van der Waals surface area contributed by atoms with Crippen LogP contribution in [0.25, 0.3) is 0 Å². The summed E-state index contributed by atoms with van der Waals surface area (Å²) < 4.78 is 18.2. The summed E-state index contributed by atoms with van der Waals surface area (Å²) >= 11 is 0. The fourth-order valence-electron chi connectivity index (χ4n) is 2.27. The van der Waals surface area contributed by atoms with Crippen molar-refractivity contribution < 1.29 is 13.9 Å². The lowest BCUT2D eigenvalue weighted by atomic mass is 10.0. The quantitative estimate of drug-likeness (QED) is 0.694. The lowest BCUT2D eigenvalue weighted by Gasteiger charge is -2.12. The van der Waals surface area contributed by atoms with Gasteiger partial charge in [-0.2, -0.15) is 0 Å². The van der Waals surface area contributed by atoms with E-state index >= 15 is 0 Å². The second-order valence-corrected chi connectivity index (χ2v) is 5.58. The number of carbonyl (C=O) groups is 1. The molecule has 0 heterocycles. The molecule has 0 saturated carbocycles. The van der Waals surface area contributed by atoms with E-state index in [1.54, 1.807) is 12.1 Å². The summed E-state index contributed by atoms with van der Waals surface area (Å²) in [5.74, 6) is 0.318. The molecule has 0 spiro atoms. The molecule has 0 radical (unpaired) electrons. The molecule has 0 aliphatic rings. The largest absolute Gasteiger partial charge is 0.494 e. The first-order valence-corrected chi connectivity index (χ1v) is 8.11. The number of hydrogen-bond donors (Lipinski definition) is 2. The molecule has 0 fully saturated rings. The number of rotatable bonds is 9. The van der Waals surface area contributed by atoms with Gasteiger partial charge < -0.3 is 15.8 Å². The summed E-state index contributed by atoms with van der Waals surface area (Å²) in [5, 5.41) is 2.87. The van der Waals surface area contributed by atoms with Crippen LogP contribution in [0.5, 0.6) is 5.75 Å². The van der Waals surface area contributed by atoms with Crippen LogP contribution in [0.3, 0.4) is 0 Å². The van der Waals surface area contributed by atoms with Crippen molar-refractivity contribution in [2.45, 2.75) is 25.3 Å². The third-order valence-corrected chi connectivity index (χ3v) is 3.61. The minimum atomic E-state index is -0.284. The Morgan fingerprint density at radius 3 is 2.50 bits per heavy atom. The number of nitrogens with one attached hydrogen (secondary N) is 1. The molecule has 3 N–H and O–H groups in total. The minimum Gasteiger partial charge on any atom is -0.494 e. The van der Waals surface area contributed by atoms with Gasteiger partial charge in [0.15, 0.2) is 0 Å². The van der Waals surface area contributed by atoms with Gasteiger partial charge in [-0.1, -0.05) is 30.3 Å². The number of unbranched alkanes of at least 4 members (excludes halogenated alkanes) is 1. The molecule has 5 heteroatoms. The van der Waals surface area contributed by atoms with Gasteiger partial charge in [0.2, 0.25) is 5.91 Å². The number of amides is 1. The van der Waals surface area contributed by atoms with Gasteiger partial charge in [-0.25, -0.2) is 4.39 Å². The maximum Gasteiger partial charge on any atom is 0.221 e. The van der Waals surface area contributed by atoms with Crippen LogP contribution in [0, 0.1) is 5.82 Å². The Morgan fingerprint density at radius 1 is 1.08 bits per heavy atom. The average molecular weight is 330 g/mol. The Morgan fingerprint density at radius 2 is 1.79 bits per heavy atom. The maximum atomic E-state index is 12.7. The van der Waals surface area contributed by atoms with Crippen molar-refractivity contribution in [1.82, 2.24) is 5.32 Å². The molecule has 0 aromatic heterocycles. The molecule has 0 aliphatic carbocycles. The molecule has 2 rings (SSSR count). The Labute approximate surface area is 141 Å². The standard InChI is InChI=1S/C19H23FN2O2/c20-16-8-10-17(11-9-16)24-13-5-4-12-22-19(23)14-18(21)15-6-2-1-3-7-15/h1-3,6-11,18H,4-5,12-14,21H2,(H,22,23). The Kier molecular flexibility index (Phi) is 7.23. The highest BCUT2D eigenvalue weighted by molar-refractivity contribution is 5.76. The van der Waals surface area contributed by atoms with E-state index in [0.29, 0.717) is 18.9 Å². The molecule has 0 bridgehead atoms. The van der Waals surface area contributed by atoms with E-state index in [9.17, 15) is 9.18 Å². The molecule has 1 amide bonds. The summed E-state index contributed by atoms with van der Waals surface area (Å²) in [4.78, 5) is 11.9. The SMILES string of the molecule is NC(CC(=O)NCCCCOc1ccc(F)cc1)c1ccccc1. The van der Waals surface area contributed by atoms with E-state index in [2.05, 4.69) is 5.32 Å². The van der Waals surface area contributed by atoms with Crippen LogP contribution in [0.4, 0.5) is 4.39 Å². The van der Waals surface area contributed by atoms with Gasteiger partial charge in [-0.15, -0.1) is 0 Å². The number of halogens is 1. The van der Waals surface area contributed by atoms with E-state index in [1.165, 1.54) is 12.1 Å². The zero-order valence-electron chi connectivity index (χ0n) is 13.6. The van der Waals surface area contributed by atoms with Gasteiger partial charge in [-0.05, 0) is 42.7 Å². The van der Waals surface area contributed by atoms with E-state index in [4.69, 9.17) is 10.5 Å². The van der Waals surface area contributed by atoms with Crippen molar-refractivity contribution in [2.24, 2.45) is 5.73 Å². The van der Waals surface area contributed by atoms with E-state index in [0.717, 1.165) is 18.4 Å². The van der Waals surface area contributed by atoms with Crippen molar-refractivity contribution >= 4 is 5.91 Å². The van der Waals surface area contributed by atoms with Crippen LogP contribution < -0.4 is 15.8 Å². The summed E-state index contributed by atoms with van der Waals surface area (Å²) in [5.41, 5.74) is 6.97. The molecule has 1 unspecified atom stereocenters. The van der Waals surface area contributed by atoms with Crippen LogP contribution >= 0.6 is 0 Å². The van der Waals surface area contributed by atoms with Crippen LogP contribution in [0.15, 0.2) is 54.6 Å². The Balaban J connectivity index is 1.55. The fraction of sp³-hybridized carbons (Fsp3) is 0.316. The first-order valence-electron chi connectivity index (χ1n) is 8.11. The molecular weight excluding hydrogens is 307 g/mol. The second-order valence-electron chi connectivity index (χ2n) is 5.58. The zero-order valence-corrected chi connectivity index (χ0v) is 13.6. The third-order valence-electron chi connectivity index (χ3n) is 3.61. The Bertz CT molecular complexity index is 617. The number of carbonyl (C=O) groups excluding carboxylic acids is 1. The normalized spacial score (nSPS) is 11.8. The monoisotopic (exact) mass is 330 g/mol. The summed E-state index contributed by atoms with van der Waals surface area (Å²) in [6.07, 6.45) is 1.89. The molecule has 4 nitrogen and oxygen atoms in total. The van der Waals surface area contributed by atoms with Gasteiger partial charge in [-0.3, -0.25) is 4.79 Å². The first kappa shape index (κ1) is 17.9. The highest BCUT2D eigenvalue weighted by Gasteiger charge is 2.10. The molecule has 0 aliphatic heterocycles. The molecule has 2 aromatic carbocycles. The van der Waals surface area contributed by atoms with E-state index in [1.807, 2.05) is 30.3 Å². The average Bonchev–Trinajstić information content (AvgIpc) is 2.60. The summed E-state index contributed by atoms with van der Waals surface area (Å²) in [6.45, 7) is 1.12. The van der Waals surface area contributed by atoms with Crippen molar-refractivity contribution in [3.05, 3.63) is 66.0 Å².